The molecule has 2 rings (SSSR count). The maximum absolute atomic E-state index is 13.7. The first-order chi connectivity index (χ1) is 9.38. The van der Waals surface area contributed by atoms with Crippen LogP contribution in [0.4, 0.5) is 23.2 Å². The quantitative estimate of drug-likeness (QED) is 0.754. The SMILES string of the molecule is CC(Nc1c(F)cc(F)cc1Br)c1cc(F)ccc1F. The molecule has 0 fully saturated rings. The third kappa shape index (κ3) is 3.12. The molecule has 0 aromatic heterocycles. The first-order valence-electron chi connectivity index (χ1n) is 5.74. The number of hydrogen-bond acceptors (Lipinski definition) is 1. The Labute approximate surface area is 121 Å². The van der Waals surface area contributed by atoms with Gasteiger partial charge in [-0.15, -0.1) is 0 Å². The largest absolute Gasteiger partial charge is 0.375 e. The molecule has 106 valence electrons. The monoisotopic (exact) mass is 347 g/mol. The van der Waals surface area contributed by atoms with E-state index in [1.165, 1.54) is 0 Å². The molecule has 0 heterocycles. The Morgan fingerprint density at radius 1 is 0.950 bits per heavy atom. The van der Waals surface area contributed by atoms with Gasteiger partial charge in [0.15, 0.2) is 0 Å². The topological polar surface area (TPSA) is 12.0 Å². The van der Waals surface area contributed by atoms with E-state index in [-0.39, 0.29) is 15.7 Å². The van der Waals surface area contributed by atoms with E-state index in [1.807, 2.05) is 0 Å². The smallest absolute Gasteiger partial charge is 0.150 e. The summed E-state index contributed by atoms with van der Waals surface area (Å²) in [6.45, 7) is 1.55. The number of rotatable bonds is 3. The summed E-state index contributed by atoms with van der Waals surface area (Å²) in [5.41, 5.74) is 0.0446. The summed E-state index contributed by atoms with van der Waals surface area (Å²) < 4.78 is 53.6. The molecule has 1 N–H and O–H groups in total. The fourth-order valence-electron chi connectivity index (χ4n) is 1.82. The van der Waals surface area contributed by atoms with Gasteiger partial charge in [-0.2, -0.15) is 0 Å². The molecule has 0 saturated carbocycles. The van der Waals surface area contributed by atoms with Gasteiger partial charge in [-0.25, -0.2) is 17.6 Å². The number of hydrogen-bond donors (Lipinski definition) is 1. The van der Waals surface area contributed by atoms with E-state index in [0.29, 0.717) is 6.07 Å². The highest BCUT2D eigenvalue weighted by molar-refractivity contribution is 9.10. The minimum Gasteiger partial charge on any atom is -0.375 e. The summed E-state index contributed by atoms with van der Waals surface area (Å²) in [6, 6.07) is 4.13. The van der Waals surface area contributed by atoms with Crippen LogP contribution in [0, 0.1) is 23.3 Å². The molecule has 0 bridgehead atoms. The third-order valence-electron chi connectivity index (χ3n) is 2.79. The minimum atomic E-state index is -0.819. The highest BCUT2D eigenvalue weighted by Gasteiger charge is 2.16. The third-order valence-corrected chi connectivity index (χ3v) is 3.42. The Bertz CT molecular complexity index is 622. The van der Waals surface area contributed by atoms with Crippen molar-refractivity contribution in [1.29, 1.82) is 0 Å². The second-order valence-corrected chi connectivity index (χ2v) is 5.13. The van der Waals surface area contributed by atoms with Crippen molar-refractivity contribution >= 4 is 21.6 Å². The van der Waals surface area contributed by atoms with E-state index in [0.717, 1.165) is 24.3 Å². The molecule has 0 aliphatic rings. The molecule has 0 aliphatic heterocycles. The summed E-state index contributed by atoms with van der Waals surface area (Å²) in [5, 5.41) is 2.69. The number of nitrogens with one attached hydrogen (secondary N) is 1. The van der Waals surface area contributed by atoms with Crippen molar-refractivity contribution in [2.45, 2.75) is 13.0 Å². The van der Waals surface area contributed by atoms with E-state index in [9.17, 15) is 17.6 Å². The van der Waals surface area contributed by atoms with Crippen LogP contribution in [-0.2, 0) is 0 Å². The first kappa shape index (κ1) is 14.8. The predicted octanol–water partition coefficient (Wildman–Crippen LogP) is 5.18. The summed E-state index contributed by atoms with van der Waals surface area (Å²) in [6.07, 6.45) is 0. The van der Waals surface area contributed by atoms with Gasteiger partial charge in [-0.3, -0.25) is 0 Å². The highest BCUT2D eigenvalue weighted by Crippen LogP contribution is 2.31. The maximum Gasteiger partial charge on any atom is 0.150 e. The van der Waals surface area contributed by atoms with Crippen molar-refractivity contribution in [2.24, 2.45) is 0 Å². The van der Waals surface area contributed by atoms with E-state index in [4.69, 9.17) is 0 Å². The second-order valence-electron chi connectivity index (χ2n) is 4.28. The van der Waals surface area contributed by atoms with Gasteiger partial charge in [-0.1, -0.05) is 0 Å². The van der Waals surface area contributed by atoms with Crippen LogP contribution >= 0.6 is 15.9 Å². The van der Waals surface area contributed by atoms with Crippen LogP contribution in [0.2, 0.25) is 0 Å². The predicted molar refractivity (Wildman–Crippen MR) is 72.5 cm³/mol. The zero-order valence-electron chi connectivity index (χ0n) is 10.4. The molecule has 1 unspecified atom stereocenters. The minimum absolute atomic E-state index is 0.0115. The maximum atomic E-state index is 13.7. The van der Waals surface area contributed by atoms with E-state index < -0.39 is 29.3 Å². The lowest BCUT2D eigenvalue weighted by Gasteiger charge is -2.18. The van der Waals surface area contributed by atoms with Gasteiger partial charge < -0.3 is 5.32 Å². The van der Waals surface area contributed by atoms with Crippen molar-refractivity contribution in [1.82, 2.24) is 0 Å². The summed E-state index contributed by atoms with van der Waals surface area (Å²) in [5.74, 6) is -2.75. The molecule has 2 aromatic rings. The molecule has 0 radical (unpaired) electrons. The second kappa shape index (κ2) is 5.83. The lowest BCUT2D eigenvalue weighted by Crippen LogP contribution is -2.11. The van der Waals surface area contributed by atoms with E-state index in [1.54, 1.807) is 6.92 Å². The van der Waals surface area contributed by atoms with Gasteiger partial charge in [0.2, 0.25) is 0 Å². The van der Waals surface area contributed by atoms with Crippen LogP contribution in [0.5, 0.6) is 0 Å². The van der Waals surface area contributed by atoms with Crippen LogP contribution in [0.3, 0.4) is 0 Å². The summed E-state index contributed by atoms with van der Waals surface area (Å²) >= 11 is 3.02. The molecule has 1 atom stereocenters. The van der Waals surface area contributed by atoms with Gasteiger partial charge in [0.05, 0.1) is 11.7 Å². The van der Waals surface area contributed by atoms with Gasteiger partial charge in [-0.05, 0) is 47.1 Å². The van der Waals surface area contributed by atoms with Gasteiger partial charge in [0.1, 0.15) is 23.3 Å². The van der Waals surface area contributed by atoms with Crippen LogP contribution < -0.4 is 5.32 Å². The van der Waals surface area contributed by atoms with Crippen molar-refractivity contribution in [2.75, 3.05) is 5.32 Å². The molecule has 0 saturated heterocycles. The fourth-order valence-corrected chi connectivity index (χ4v) is 2.34. The Morgan fingerprint density at radius 2 is 1.65 bits per heavy atom. The zero-order valence-corrected chi connectivity index (χ0v) is 11.9. The van der Waals surface area contributed by atoms with Crippen LogP contribution in [0.15, 0.2) is 34.8 Å². The molecule has 2 aromatic carbocycles. The zero-order chi connectivity index (χ0) is 14.9. The normalized spacial score (nSPS) is 12.3. The molecule has 0 spiro atoms. The number of benzene rings is 2. The van der Waals surface area contributed by atoms with Crippen LogP contribution in [0.1, 0.15) is 18.5 Å². The molecule has 1 nitrogen and oxygen atoms in total. The Kier molecular flexibility index (Phi) is 4.32. The van der Waals surface area contributed by atoms with Crippen molar-refractivity contribution in [3.8, 4) is 0 Å². The van der Waals surface area contributed by atoms with Gasteiger partial charge >= 0.3 is 0 Å². The molecule has 0 aliphatic carbocycles. The molecule has 6 heteroatoms. The fraction of sp³-hybridized carbons (Fsp3) is 0.143. The molecule has 0 amide bonds. The molecular formula is C14H10BrF4N. The van der Waals surface area contributed by atoms with Crippen molar-refractivity contribution < 1.29 is 17.6 Å². The number of halogens is 5. The van der Waals surface area contributed by atoms with Crippen molar-refractivity contribution in [3.63, 3.8) is 0 Å². The van der Waals surface area contributed by atoms with Crippen molar-refractivity contribution in [3.05, 3.63) is 63.6 Å². The van der Waals surface area contributed by atoms with Gasteiger partial charge in [0, 0.05) is 16.1 Å². The number of anilines is 1. The Hall–Kier alpha value is -1.56. The molecular weight excluding hydrogens is 338 g/mol. The Morgan fingerprint density at radius 3 is 2.30 bits per heavy atom. The first-order valence-corrected chi connectivity index (χ1v) is 6.54. The summed E-state index contributed by atoms with van der Waals surface area (Å²) in [7, 11) is 0. The van der Waals surface area contributed by atoms with E-state index >= 15 is 0 Å². The summed E-state index contributed by atoms with van der Waals surface area (Å²) in [4.78, 5) is 0. The Balaban J connectivity index is 2.32. The van der Waals surface area contributed by atoms with Gasteiger partial charge in [0.25, 0.3) is 0 Å². The average Bonchev–Trinajstić information content (AvgIpc) is 2.36. The van der Waals surface area contributed by atoms with Crippen LogP contribution in [-0.4, -0.2) is 0 Å². The standard InChI is InChI=1S/C14H10BrF4N/c1-7(10-4-8(16)2-3-12(10)18)20-14-11(15)5-9(17)6-13(14)19/h2-7,20H,1H3. The van der Waals surface area contributed by atoms with Crippen LogP contribution in [0.25, 0.3) is 0 Å². The highest BCUT2D eigenvalue weighted by atomic mass is 79.9. The lowest BCUT2D eigenvalue weighted by molar-refractivity contribution is 0.571. The average molecular weight is 348 g/mol. The van der Waals surface area contributed by atoms with E-state index in [2.05, 4.69) is 21.2 Å². The lowest BCUT2D eigenvalue weighted by atomic mass is 10.1. The molecule has 20 heavy (non-hydrogen) atoms.